The zero-order valence-electron chi connectivity index (χ0n) is 11.4. The average molecular weight is 262 g/mol. The van der Waals surface area contributed by atoms with Crippen molar-refractivity contribution in [3.8, 4) is 5.75 Å². The fraction of sp³-hybridized carbons (Fsp3) is 0.533. The Morgan fingerprint density at radius 1 is 1.37 bits per heavy atom. The molecular weight excluding hydrogens is 240 g/mol. The lowest BCUT2D eigenvalue weighted by molar-refractivity contribution is -0.120. The molecule has 2 rings (SSSR count). The highest BCUT2D eigenvalue weighted by Crippen LogP contribution is 2.27. The molecule has 0 bridgehead atoms. The number of nitrogens with one attached hydrogen (secondary N) is 2. The molecule has 104 valence electrons. The monoisotopic (exact) mass is 262 g/mol. The molecule has 19 heavy (non-hydrogen) atoms. The zero-order chi connectivity index (χ0) is 13.5. The molecule has 4 nitrogen and oxygen atoms in total. The van der Waals surface area contributed by atoms with Crippen molar-refractivity contribution in [1.29, 1.82) is 0 Å². The summed E-state index contributed by atoms with van der Waals surface area (Å²) in [4.78, 5) is 11.7. The highest BCUT2D eigenvalue weighted by atomic mass is 16.5. The number of ether oxygens (including phenoxy) is 1. The van der Waals surface area contributed by atoms with Gasteiger partial charge in [-0.2, -0.15) is 0 Å². The Kier molecular flexibility index (Phi) is 5.21. The van der Waals surface area contributed by atoms with Gasteiger partial charge in [-0.15, -0.1) is 0 Å². The van der Waals surface area contributed by atoms with E-state index in [4.69, 9.17) is 4.74 Å². The van der Waals surface area contributed by atoms with Crippen molar-refractivity contribution >= 4 is 5.91 Å². The Hall–Kier alpha value is -1.55. The van der Waals surface area contributed by atoms with Crippen LogP contribution in [-0.4, -0.2) is 25.6 Å². The molecule has 0 saturated heterocycles. The Labute approximate surface area is 114 Å². The predicted molar refractivity (Wildman–Crippen MR) is 75.1 cm³/mol. The molecule has 1 aromatic carbocycles. The van der Waals surface area contributed by atoms with Crippen LogP contribution in [-0.2, 0) is 11.3 Å². The Morgan fingerprint density at radius 2 is 2.16 bits per heavy atom. The third-order valence-electron chi connectivity index (χ3n) is 3.16. The standard InChI is InChI=1S/C15H22N2O2/c1-2-19-14-6-4-3-5-13(14)10-17-15(18)11-16-9-12-7-8-12/h3-6,12,16H,2,7-11H2,1H3,(H,17,18). The van der Waals surface area contributed by atoms with Crippen LogP contribution < -0.4 is 15.4 Å². The number of benzene rings is 1. The normalized spacial score (nSPS) is 14.2. The second kappa shape index (κ2) is 7.14. The van der Waals surface area contributed by atoms with Crippen LogP contribution in [0, 0.1) is 5.92 Å². The van der Waals surface area contributed by atoms with Gasteiger partial charge in [-0.05, 0) is 38.3 Å². The average Bonchev–Trinajstić information content (AvgIpc) is 3.22. The summed E-state index contributed by atoms with van der Waals surface area (Å²) in [5.74, 6) is 1.68. The molecule has 0 aromatic heterocycles. The summed E-state index contributed by atoms with van der Waals surface area (Å²) in [5.41, 5.74) is 1.01. The second-order valence-electron chi connectivity index (χ2n) is 4.89. The molecule has 1 saturated carbocycles. The largest absolute Gasteiger partial charge is 0.494 e. The van der Waals surface area contributed by atoms with E-state index in [1.54, 1.807) is 0 Å². The fourth-order valence-corrected chi connectivity index (χ4v) is 1.91. The molecule has 1 fully saturated rings. The van der Waals surface area contributed by atoms with E-state index in [-0.39, 0.29) is 5.91 Å². The van der Waals surface area contributed by atoms with E-state index in [0.29, 0.717) is 19.7 Å². The van der Waals surface area contributed by atoms with Gasteiger partial charge in [0.05, 0.1) is 13.2 Å². The lowest BCUT2D eigenvalue weighted by Gasteiger charge is -2.11. The first-order valence-corrected chi connectivity index (χ1v) is 6.97. The highest BCUT2D eigenvalue weighted by Gasteiger charge is 2.20. The molecular formula is C15H22N2O2. The van der Waals surface area contributed by atoms with Gasteiger partial charge in [-0.3, -0.25) is 4.79 Å². The zero-order valence-corrected chi connectivity index (χ0v) is 11.4. The minimum atomic E-state index is 0.0342. The summed E-state index contributed by atoms with van der Waals surface area (Å²) in [6.07, 6.45) is 2.60. The van der Waals surface area contributed by atoms with E-state index in [0.717, 1.165) is 23.8 Å². The van der Waals surface area contributed by atoms with Crippen LogP contribution in [0.25, 0.3) is 0 Å². The quantitative estimate of drug-likeness (QED) is 0.750. The first-order valence-electron chi connectivity index (χ1n) is 6.97. The van der Waals surface area contributed by atoms with Gasteiger partial charge in [0, 0.05) is 12.1 Å². The van der Waals surface area contributed by atoms with Crippen molar-refractivity contribution < 1.29 is 9.53 Å². The van der Waals surface area contributed by atoms with Crippen molar-refractivity contribution in [3.63, 3.8) is 0 Å². The molecule has 0 spiro atoms. The SMILES string of the molecule is CCOc1ccccc1CNC(=O)CNCC1CC1. The second-order valence-corrected chi connectivity index (χ2v) is 4.89. The van der Waals surface area contributed by atoms with E-state index in [1.165, 1.54) is 12.8 Å². The van der Waals surface area contributed by atoms with Crippen LogP contribution in [0.4, 0.5) is 0 Å². The molecule has 0 heterocycles. The minimum Gasteiger partial charge on any atom is -0.494 e. The molecule has 1 aromatic rings. The third-order valence-corrected chi connectivity index (χ3v) is 3.16. The van der Waals surface area contributed by atoms with Gasteiger partial charge in [0.2, 0.25) is 5.91 Å². The first-order chi connectivity index (χ1) is 9.29. The molecule has 4 heteroatoms. The van der Waals surface area contributed by atoms with Crippen LogP contribution in [0.15, 0.2) is 24.3 Å². The maximum absolute atomic E-state index is 11.7. The topological polar surface area (TPSA) is 50.4 Å². The van der Waals surface area contributed by atoms with Crippen molar-refractivity contribution in [2.45, 2.75) is 26.3 Å². The molecule has 2 N–H and O–H groups in total. The number of amides is 1. The number of para-hydroxylation sites is 1. The van der Waals surface area contributed by atoms with E-state index >= 15 is 0 Å². The van der Waals surface area contributed by atoms with Crippen LogP contribution in [0.3, 0.4) is 0 Å². The summed E-state index contributed by atoms with van der Waals surface area (Å²) in [7, 11) is 0. The minimum absolute atomic E-state index is 0.0342. The van der Waals surface area contributed by atoms with Crippen LogP contribution in [0.2, 0.25) is 0 Å². The van der Waals surface area contributed by atoms with Crippen LogP contribution >= 0.6 is 0 Å². The molecule has 0 aliphatic heterocycles. The van der Waals surface area contributed by atoms with Gasteiger partial charge in [-0.1, -0.05) is 18.2 Å². The Morgan fingerprint density at radius 3 is 2.89 bits per heavy atom. The molecule has 0 radical (unpaired) electrons. The summed E-state index contributed by atoms with van der Waals surface area (Å²) in [6, 6.07) is 7.79. The van der Waals surface area contributed by atoms with E-state index in [1.807, 2.05) is 31.2 Å². The maximum Gasteiger partial charge on any atom is 0.234 e. The smallest absolute Gasteiger partial charge is 0.234 e. The van der Waals surface area contributed by atoms with E-state index < -0.39 is 0 Å². The molecule has 1 amide bonds. The first kappa shape index (κ1) is 13.9. The van der Waals surface area contributed by atoms with Crippen molar-refractivity contribution in [2.75, 3.05) is 19.7 Å². The van der Waals surface area contributed by atoms with E-state index in [2.05, 4.69) is 10.6 Å². The molecule has 0 atom stereocenters. The fourth-order valence-electron chi connectivity index (χ4n) is 1.91. The lowest BCUT2D eigenvalue weighted by Crippen LogP contribution is -2.34. The number of carbonyl (C=O) groups excluding carboxylic acids is 1. The number of hydrogen-bond donors (Lipinski definition) is 2. The van der Waals surface area contributed by atoms with Crippen molar-refractivity contribution in [1.82, 2.24) is 10.6 Å². The van der Waals surface area contributed by atoms with Gasteiger partial charge in [0.15, 0.2) is 0 Å². The van der Waals surface area contributed by atoms with Gasteiger partial charge < -0.3 is 15.4 Å². The third kappa shape index (κ3) is 4.91. The number of rotatable bonds is 8. The number of carbonyl (C=O) groups is 1. The molecule has 1 aliphatic rings. The van der Waals surface area contributed by atoms with Gasteiger partial charge >= 0.3 is 0 Å². The predicted octanol–water partition coefficient (Wildman–Crippen LogP) is 1.70. The van der Waals surface area contributed by atoms with Gasteiger partial charge in [0.1, 0.15) is 5.75 Å². The maximum atomic E-state index is 11.7. The van der Waals surface area contributed by atoms with Gasteiger partial charge in [0.25, 0.3) is 0 Å². The molecule has 0 unspecified atom stereocenters. The highest BCUT2D eigenvalue weighted by molar-refractivity contribution is 5.78. The summed E-state index contributed by atoms with van der Waals surface area (Å²) < 4.78 is 5.52. The molecule has 1 aliphatic carbocycles. The Bertz CT molecular complexity index is 416. The van der Waals surface area contributed by atoms with Crippen molar-refractivity contribution in [2.24, 2.45) is 5.92 Å². The lowest BCUT2D eigenvalue weighted by atomic mass is 10.2. The summed E-state index contributed by atoms with van der Waals surface area (Å²) >= 11 is 0. The van der Waals surface area contributed by atoms with Gasteiger partial charge in [-0.25, -0.2) is 0 Å². The van der Waals surface area contributed by atoms with Crippen LogP contribution in [0.5, 0.6) is 5.75 Å². The summed E-state index contributed by atoms with van der Waals surface area (Å²) in [5, 5.41) is 6.09. The summed E-state index contributed by atoms with van der Waals surface area (Å²) in [6.45, 7) is 4.46. The van der Waals surface area contributed by atoms with Crippen LogP contribution in [0.1, 0.15) is 25.3 Å². The number of hydrogen-bond acceptors (Lipinski definition) is 3. The van der Waals surface area contributed by atoms with E-state index in [9.17, 15) is 4.79 Å². The van der Waals surface area contributed by atoms with Crippen molar-refractivity contribution in [3.05, 3.63) is 29.8 Å². The Balaban J connectivity index is 1.72.